The monoisotopic (exact) mass is 383 g/mol. The Kier molecular flexibility index (Phi) is 5.26. The highest BCUT2D eigenvalue weighted by Gasteiger charge is 2.45. The van der Waals surface area contributed by atoms with E-state index in [1.807, 2.05) is 0 Å². The van der Waals surface area contributed by atoms with Crippen LogP contribution in [0.1, 0.15) is 17.2 Å². The number of hydrogen-bond acceptors (Lipinski definition) is 6. The second-order valence-electron chi connectivity index (χ2n) is 6.25. The number of carbonyl (C=O) groups excluding carboxylic acids is 2. The molecule has 1 aliphatic rings. The van der Waals surface area contributed by atoms with E-state index in [-0.39, 0.29) is 11.3 Å². The van der Waals surface area contributed by atoms with Crippen molar-refractivity contribution in [1.82, 2.24) is 4.90 Å². The van der Waals surface area contributed by atoms with Gasteiger partial charge in [0.2, 0.25) is 0 Å². The first kappa shape index (κ1) is 19.3. The highest BCUT2D eigenvalue weighted by atomic mass is 16.5. The molecular weight excluding hydrogens is 362 g/mol. The van der Waals surface area contributed by atoms with E-state index in [9.17, 15) is 14.7 Å². The van der Waals surface area contributed by atoms with Gasteiger partial charge in [-0.1, -0.05) is 0 Å². The summed E-state index contributed by atoms with van der Waals surface area (Å²) >= 11 is 0. The Morgan fingerprint density at radius 3 is 2.11 bits per heavy atom. The lowest BCUT2D eigenvalue weighted by Crippen LogP contribution is -2.25. The van der Waals surface area contributed by atoms with Crippen LogP contribution in [0.4, 0.5) is 0 Å². The van der Waals surface area contributed by atoms with Crippen LogP contribution in [0.25, 0.3) is 5.76 Å². The summed E-state index contributed by atoms with van der Waals surface area (Å²) in [6.07, 6.45) is 0. The number of carbonyl (C=O) groups is 2. The molecule has 0 unspecified atom stereocenters. The molecule has 1 atom stereocenters. The Hall–Kier alpha value is -3.48. The van der Waals surface area contributed by atoms with Gasteiger partial charge in [-0.05, 0) is 36.4 Å². The maximum atomic E-state index is 12.7. The summed E-state index contributed by atoms with van der Waals surface area (Å²) in [6, 6.07) is 10.9. The van der Waals surface area contributed by atoms with Crippen LogP contribution in [-0.2, 0) is 9.59 Å². The lowest BCUT2D eigenvalue weighted by atomic mass is 9.94. The summed E-state index contributed by atoms with van der Waals surface area (Å²) in [4.78, 5) is 26.4. The number of aliphatic hydroxyl groups is 1. The number of methoxy groups -OCH3 is 3. The number of nitrogens with zero attached hydrogens (tertiary/aromatic N) is 1. The van der Waals surface area contributed by atoms with Crippen molar-refractivity contribution in [3.63, 3.8) is 0 Å². The van der Waals surface area contributed by atoms with Gasteiger partial charge in [-0.15, -0.1) is 0 Å². The Morgan fingerprint density at radius 2 is 1.54 bits per heavy atom. The third-order valence-electron chi connectivity index (χ3n) is 4.77. The molecule has 1 aliphatic heterocycles. The van der Waals surface area contributed by atoms with Gasteiger partial charge in [-0.3, -0.25) is 9.59 Å². The summed E-state index contributed by atoms with van der Waals surface area (Å²) in [7, 11) is 6.07. The SMILES string of the molecule is COc1ccc(C(O)=C2C(=O)C(=O)N(C)[C@@H]2c2ccc(OC)cc2OC)cc1. The summed E-state index contributed by atoms with van der Waals surface area (Å²) in [6.45, 7) is 0. The average molecular weight is 383 g/mol. The smallest absolute Gasteiger partial charge is 0.295 e. The molecule has 3 rings (SSSR count). The number of Topliss-reactive ketones (excluding diaryl/α,β-unsaturated/α-hetero) is 1. The lowest BCUT2D eigenvalue weighted by molar-refractivity contribution is -0.139. The summed E-state index contributed by atoms with van der Waals surface area (Å²) < 4.78 is 15.8. The maximum absolute atomic E-state index is 12.7. The second-order valence-corrected chi connectivity index (χ2v) is 6.25. The molecule has 1 N–H and O–H groups in total. The molecule has 1 heterocycles. The van der Waals surface area contributed by atoms with Crippen molar-refractivity contribution in [2.75, 3.05) is 28.4 Å². The van der Waals surface area contributed by atoms with Gasteiger partial charge in [-0.25, -0.2) is 0 Å². The van der Waals surface area contributed by atoms with E-state index >= 15 is 0 Å². The molecule has 0 aliphatic carbocycles. The minimum Gasteiger partial charge on any atom is -0.507 e. The molecule has 2 aromatic rings. The molecule has 7 heteroatoms. The molecule has 1 fully saturated rings. The minimum absolute atomic E-state index is 0.00105. The van der Waals surface area contributed by atoms with Crippen LogP contribution >= 0.6 is 0 Å². The van der Waals surface area contributed by atoms with Crippen molar-refractivity contribution in [3.8, 4) is 17.2 Å². The fraction of sp³-hybridized carbons (Fsp3) is 0.238. The van der Waals surface area contributed by atoms with Crippen molar-refractivity contribution >= 4 is 17.4 Å². The van der Waals surface area contributed by atoms with E-state index in [1.165, 1.54) is 33.3 Å². The van der Waals surface area contributed by atoms with Gasteiger partial charge in [0.05, 0.1) is 32.9 Å². The van der Waals surface area contributed by atoms with Crippen LogP contribution in [0.5, 0.6) is 17.2 Å². The minimum atomic E-state index is -0.789. The standard InChI is InChI=1S/C21H21NO6/c1-22-18(15-10-9-14(27-3)11-16(15)28-4)17(20(24)21(22)25)19(23)12-5-7-13(26-2)8-6-12/h5-11,18,23H,1-4H3/t18-/m1/s1. The van der Waals surface area contributed by atoms with Crippen molar-refractivity contribution < 1.29 is 28.9 Å². The third-order valence-corrected chi connectivity index (χ3v) is 4.77. The Bertz CT molecular complexity index is 948. The summed E-state index contributed by atoms with van der Waals surface area (Å²) in [5.41, 5.74) is 0.978. The number of likely N-dealkylation sites (tertiary alicyclic amines) is 1. The van der Waals surface area contributed by atoms with Gasteiger partial charge in [-0.2, -0.15) is 0 Å². The molecule has 7 nitrogen and oxygen atoms in total. The molecular formula is C21H21NO6. The van der Waals surface area contributed by atoms with Crippen LogP contribution in [0.3, 0.4) is 0 Å². The van der Waals surface area contributed by atoms with Crippen molar-refractivity contribution in [2.45, 2.75) is 6.04 Å². The quantitative estimate of drug-likeness (QED) is 0.485. The van der Waals surface area contributed by atoms with Gasteiger partial charge >= 0.3 is 0 Å². The van der Waals surface area contributed by atoms with E-state index < -0.39 is 17.7 Å². The molecule has 0 bridgehead atoms. The van der Waals surface area contributed by atoms with Crippen LogP contribution < -0.4 is 14.2 Å². The topological polar surface area (TPSA) is 85.3 Å². The molecule has 1 amide bonds. The molecule has 146 valence electrons. The van der Waals surface area contributed by atoms with Gasteiger partial charge in [0, 0.05) is 24.2 Å². The molecule has 0 aromatic heterocycles. The Labute approximate surface area is 162 Å². The van der Waals surface area contributed by atoms with E-state index in [4.69, 9.17) is 14.2 Å². The van der Waals surface area contributed by atoms with E-state index in [1.54, 1.807) is 42.5 Å². The first-order valence-corrected chi connectivity index (χ1v) is 8.53. The normalized spacial score (nSPS) is 18.3. The number of ketones is 1. The molecule has 0 radical (unpaired) electrons. The summed E-state index contributed by atoms with van der Waals surface area (Å²) in [5, 5.41) is 10.9. The number of aliphatic hydroxyl groups excluding tert-OH is 1. The zero-order chi connectivity index (χ0) is 20.4. The number of rotatable bonds is 5. The average Bonchev–Trinajstić information content (AvgIpc) is 2.96. The van der Waals surface area contributed by atoms with Gasteiger partial charge in [0.25, 0.3) is 11.7 Å². The fourth-order valence-corrected chi connectivity index (χ4v) is 3.26. The van der Waals surface area contributed by atoms with Crippen LogP contribution in [-0.4, -0.2) is 50.1 Å². The zero-order valence-electron chi connectivity index (χ0n) is 16.1. The lowest BCUT2D eigenvalue weighted by Gasteiger charge is -2.23. The highest BCUT2D eigenvalue weighted by molar-refractivity contribution is 6.46. The van der Waals surface area contributed by atoms with Crippen molar-refractivity contribution in [1.29, 1.82) is 0 Å². The largest absolute Gasteiger partial charge is 0.507 e. The van der Waals surface area contributed by atoms with Crippen LogP contribution in [0.15, 0.2) is 48.0 Å². The van der Waals surface area contributed by atoms with Gasteiger partial charge < -0.3 is 24.2 Å². The molecule has 28 heavy (non-hydrogen) atoms. The number of benzene rings is 2. The number of likely N-dealkylation sites (N-methyl/N-ethyl adjacent to an activating group) is 1. The first-order valence-electron chi connectivity index (χ1n) is 8.53. The van der Waals surface area contributed by atoms with Crippen molar-refractivity contribution in [3.05, 3.63) is 59.2 Å². The van der Waals surface area contributed by atoms with Gasteiger partial charge in [0.1, 0.15) is 23.0 Å². The Morgan fingerprint density at radius 1 is 0.929 bits per heavy atom. The summed E-state index contributed by atoms with van der Waals surface area (Å²) in [5.74, 6) is -0.0757. The number of hydrogen-bond donors (Lipinski definition) is 1. The zero-order valence-corrected chi connectivity index (χ0v) is 16.1. The predicted molar refractivity (Wildman–Crippen MR) is 103 cm³/mol. The fourth-order valence-electron chi connectivity index (χ4n) is 3.26. The maximum Gasteiger partial charge on any atom is 0.295 e. The predicted octanol–water partition coefficient (Wildman–Crippen LogP) is 2.76. The van der Waals surface area contributed by atoms with E-state index in [0.717, 1.165) is 0 Å². The highest BCUT2D eigenvalue weighted by Crippen LogP contribution is 2.42. The number of ether oxygens (including phenoxy) is 3. The molecule has 2 aromatic carbocycles. The van der Waals surface area contributed by atoms with Gasteiger partial charge in [0.15, 0.2) is 0 Å². The van der Waals surface area contributed by atoms with Crippen LogP contribution in [0.2, 0.25) is 0 Å². The molecule has 1 saturated heterocycles. The van der Waals surface area contributed by atoms with E-state index in [2.05, 4.69) is 0 Å². The number of amides is 1. The molecule has 0 saturated carbocycles. The second kappa shape index (κ2) is 7.64. The molecule has 0 spiro atoms. The first-order chi connectivity index (χ1) is 13.4. The Balaban J connectivity index is 2.17. The van der Waals surface area contributed by atoms with Crippen LogP contribution in [0, 0.1) is 0 Å². The van der Waals surface area contributed by atoms with E-state index in [0.29, 0.717) is 28.4 Å². The third kappa shape index (κ3) is 3.15. The van der Waals surface area contributed by atoms with Crippen molar-refractivity contribution in [2.24, 2.45) is 0 Å².